The van der Waals surface area contributed by atoms with Gasteiger partial charge in [0.1, 0.15) is 0 Å². The first-order chi connectivity index (χ1) is 8.05. The molecule has 0 aromatic carbocycles. The summed E-state index contributed by atoms with van der Waals surface area (Å²) in [6.07, 6.45) is 1.99. The maximum absolute atomic E-state index is 4.48. The monoisotopic (exact) mass is 266 g/mol. The van der Waals surface area contributed by atoms with Crippen LogP contribution in [0.1, 0.15) is 35.5 Å². The highest BCUT2D eigenvalue weighted by Crippen LogP contribution is 2.26. The van der Waals surface area contributed by atoms with Crippen LogP contribution in [0.15, 0.2) is 23.7 Å². The van der Waals surface area contributed by atoms with E-state index in [-0.39, 0.29) is 5.41 Å². The van der Waals surface area contributed by atoms with Gasteiger partial charge in [-0.15, -0.1) is 22.7 Å². The number of hydrogen-bond donors (Lipinski definition) is 1. The summed E-state index contributed by atoms with van der Waals surface area (Å²) >= 11 is 3.60. The highest BCUT2D eigenvalue weighted by molar-refractivity contribution is 7.11. The first kappa shape index (κ1) is 12.7. The molecule has 0 bridgehead atoms. The Bertz CT molecular complexity index is 452. The van der Waals surface area contributed by atoms with Gasteiger partial charge in [0.25, 0.3) is 0 Å². The molecule has 0 aliphatic rings. The Balaban J connectivity index is 1.85. The molecule has 0 spiro atoms. The Morgan fingerprint density at radius 1 is 1.24 bits per heavy atom. The van der Waals surface area contributed by atoms with Crippen LogP contribution in [0.25, 0.3) is 0 Å². The molecule has 0 aliphatic carbocycles. The second-order valence-electron chi connectivity index (χ2n) is 5.06. The summed E-state index contributed by atoms with van der Waals surface area (Å²) in [6.45, 7) is 8.46. The van der Waals surface area contributed by atoms with Crippen molar-refractivity contribution in [1.29, 1.82) is 0 Å². The number of nitrogens with one attached hydrogen (secondary N) is 1. The van der Waals surface area contributed by atoms with Gasteiger partial charge < -0.3 is 5.32 Å². The summed E-state index contributed by atoms with van der Waals surface area (Å²) in [6, 6.07) is 4.25. The smallest absolute Gasteiger partial charge is 0.0981 e. The van der Waals surface area contributed by atoms with Gasteiger partial charge in [-0.25, -0.2) is 4.98 Å². The molecule has 0 amide bonds. The SMILES string of the molecule is CC(C)(C)c1ncc(CNCc2cccs2)s1. The van der Waals surface area contributed by atoms with E-state index in [0.29, 0.717) is 0 Å². The van der Waals surface area contributed by atoms with Gasteiger partial charge in [-0.2, -0.15) is 0 Å². The highest BCUT2D eigenvalue weighted by Gasteiger charge is 2.17. The number of rotatable bonds is 4. The largest absolute Gasteiger partial charge is 0.307 e. The van der Waals surface area contributed by atoms with Crippen molar-refractivity contribution >= 4 is 22.7 Å². The molecule has 2 aromatic heterocycles. The molecular formula is C13H18N2S2. The average molecular weight is 266 g/mol. The van der Waals surface area contributed by atoms with Gasteiger partial charge in [-0.05, 0) is 11.4 Å². The first-order valence-corrected chi connectivity index (χ1v) is 7.43. The van der Waals surface area contributed by atoms with Crippen LogP contribution in [-0.2, 0) is 18.5 Å². The van der Waals surface area contributed by atoms with Gasteiger partial charge in [-0.3, -0.25) is 0 Å². The van der Waals surface area contributed by atoms with E-state index in [4.69, 9.17) is 0 Å². The Kier molecular flexibility index (Phi) is 3.97. The topological polar surface area (TPSA) is 24.9 Å². The van der Waals surface area contributed by atoms with Gasteiger partial charge in [-0.1, -0.05) is 26.8 Å². The van der Waals surface area contributed by atoms with E-state index >= 15 is 0 Å². The van der Waals surface area contributed by atoms with Crippen LogP contribution < -0.4 is 5.32 Å². The molecule has 0 saturated carbocycles. The van der Waals surface area contributed by atoms with Gasteiger partial charge in [0, 0.05) is 34.5 Å². The van der Waals surface area contributed by atoms with E-state index in [1.54, 1.807) is 22.7 Å². The number of hydrogen-bond acceptors (Lipinski definition) is 4. The summed E-state index contributed by atoms with van der Waals surface area (Å²) < 4.78 is 0. The number of aromatic nitrogens is 1. The predicted octanol–water partition coefficient (Wildman–Crippen LogP) is 3.79. The van der Waals surface area contributed by atoms with Crippen molar-refractivity contribution in [3.8, 4) is 0 Å². The molecule has 2 rings (SSSR count). The van der Waals surface area contributed by atoms with Crippen molar-refractivity contribution in [1.82, 2.24) is 10.3 Å². The van der Waals surface area contributed by atoms with Crippen LogP contribution in [-0.4, -0.2) is 4.98 Å². The molecule has 92 valence electrons. The van der Waals surface area contributed by atoms with Gasteiger partial charge in [0.2, 0.25) is 0 Å². The van der Waals surface area contributed by atoms with Crippen LogP contribution in [0.3, 0.4) is 0 Å². The summed E-state index contributed by atoms with van der Waals surface area (Å²) in [5.41, 5.74) is 0.163. The lowest BCUT2D eigenvalue weighted by Gasteiger charge is -2.13. The van der Waals surface area contributed by atoms with E-state index in [0.717, 1.165) is 13.1 Å². The molecular weight excluding hydrogens is 248 g/mol. The summed E-state index contributed by atoms with van der Waals surface area (Å²) in [7, 11) is 0. The second kappa shape index (κ2) is 5.29. The predicted molar refractivity (Wildman–Crippen MR) is 75.7 cm³/mol. The maximum Gasteiger partial charge on any atom is 0.0981 e. The zero-order chi connectivity index (χ0) is 12.3. The lowest BCUT2D eigenvalue weighted by Crippen LogP contribution is -2.11. The third kappa shape index (κ3) is 3.63. The van der Waals surface area contributed by atoms with Crippen molar-refractivity contribution in [2.24, 2.45) is 0 Å². The van der Waals surface area contributed by atoms with Crippen molar-refractivity contribution in [3.05, 3.63) is 38.5 Å². The fraction of sp³-hybridized carbons (Fsp3) is 0.462. The molecule has 2 aromatic rings. The Labute approximate surface area is 111 Å². The Morgan fingerprint density at radius 2 is 2.00 bits per heavy atom. The van der Waals surface area contributed by atoms with Crippen molar-refractivity contribution in [2.75, 3.05) is 0 Å². The highest BCUT2D eigenvalue weighted by atomic mass is 32.1. The zero-order valence-electron chi connectivity index (χ0n) is 10.5. The van der Waals surface area contributed by atoms with Gasteiger partial charge in [0.15, 0.2) is 0 Å². The zero-order valence-corrected chi connectivity index (χ0v) is 12.1. The molecule has 0 fully saturated rings. The van der Waals surface area contributed by atoms with Crippen LogP contribution in [0.2, 0.25) is 0 Å². The fourth-order valence-corrected chi connectivity index (χ4v) is 3.07. The van der Waals surface area contributed by atoms with Crippen LogP contribution >= 0.6 is 22.7 Å². The third-order valence-electron chi connectivity index (χ3n) is 2.37. The van der Waals surface area contributed by atoms with Crippen molar-refractivity contribution in [2.45, 2.75) is 39.3 Å². The average Bonchev–Trinajstić information content (AvgIpc) is 2.86. The van der Waals surface area contributed by atoms with E-state index in [1.807, 2.05) is 6.20 Å². The van der Waals surface area contributed by atoms with Crippen LogP contribution in [0.5, 0.6) is 0 Å². The maximum atomic E-state index is 4.48. The molecule has 0 radical (unpaired) electrons. The molecule has 0 saturated heterocycles. The first-order valence-electron chi connectivity index (χ1n) is 5.74. The number of nitrogens with zero attached hydrogens (tertiary/aromatic N) is 1. The Hall–Kier alpha value is -0.710. The molecule has 2 heterocycles. The van der Waals surface area contributed by atoms with Gasteiger partial charge in [0.05, 0.1) is 5.01 Å². The Morgan fingerprint density at radius 3 is 2.59 bits per heavy atom. The van der Waals surface area contributed by atoms with Gasteiger partial charge >= 0.3 is 0 Å². The fourth-order valence-electron chi connectivity index (χ4n) is 1.46. The van der Waals surface area contributed by atoms with Crippen LogP contribution in [0.4, 0.5) is 0 Å². The molecule has 17 heavy (non-hydrogen) atoms. The standard InChI is InChI=1S/C13H18N2S2/c1-13(2,3)12-15-9-11(17-12)8-14-7-10-5-4-6-16-10/h4-6,9,14H,7-8H2,1-3H3. The second-order valence-corrected chi connectivity index (χ2v) is 7.21. The summed E-state index contributed by atoms with van der Waals surface area (Å²) in [5, 5.41) is 6.78. The quantitative estimate of drug-likeness (QED) is 0.910. The molecule has 1 N–H and O–H groups in total. The van der Waals surface area contributed by atoms with Crippen LogP contribution in [0, 0.1) is 0 Å². The number of thiophene rings is 1. The van der Waals surface area contributed by atoms with Crippen molar-refractivity contribution in [3.63, 3.8) is 0 Å². The normalized spacial score (nSPS) is 11.9. The van der Waals surface area contributed by atoms with E-state index in [2.05, 4.69) is 48.6 Å². The third-order valence-corrected chi connectivity index (χ3v) is 4.67. The minimum absolute atomic E-state index is 0.163. The minimum atomic E-state index is 0.163. The van der Waals surface area contributed by atoms with E-state index < -0.39 is 0 Å². The van der Waals surface area contributed by atoms with Crippen molar-refractivity contribution < 1.29 is 0 Å². The summed E-state index contributed by atoms with van der Waals surface area (Å²) in [4.78, 5) is 7.18. The van der Waals surface area contributed by atoms with E-state index in [1.165, 1.54) is 14.8 Å². The molecule has 0 atom stereocenters. The lowest BCUT2D eigenvalue weighted by molar-refractivity contribution is 0.585. The molecule has 0 unspecified atom stereocenters. The molecule has 0 aliphatic heterocycles. The molecule has 2 nitrogen and oxygen atoms in total. The summed E-state index contributed by atoms with van der Waals surface area (Å²) in [5.74, 6) is 0. The van der Waals surface area contributed by atoms with E-state index in [9.17, 15) is 0 Å². The number of thiazole rings is 1. The minimum Gasteiger partial charge on any atom is -0.307 e. The molecule has 4 heteroatoms. The lowest BCUT2D eigenvalue weighted by atomic mass is 9.98.